The van der Waals surface area contributed by atoms with Gasteiger partial charge in [0.1, 0.15) is 0 Å². The fourth-order valence-electron chi connectivity index (χ4n) is 1.40. The average molecular weight is 275 g/mol. The molecule has 1 aromatic rings. The highest BCUT2D eigenvalue weighted by atomic mass is 32.2. The Morgan fingerprint density at radius 1 is 1.28 bits per heavy atom. The minimum atomic E-state index is -3.38. The number of halogens is 1. The minimum Gasteiger partial charge on any atom is -0.494 e. The summed E-state index contributed by atoms with van der Waals surface area (Å²) in [5.74, 6) is -0.372. The fourth-order valence-corrected chi connectivity index (χ4v) is 2.30. The highest BCUT2D eigenvalue weighted by molar-refractivity contribution is 7.90. The molecule has 0 saturated carbocycles. The summed E-state index contributed by atoms with van der Waals surface area (Å²) in [7, 11) is -2.00. The van der Waals surface area contributed by atoms with Crippen LogP contribution in [-0.2, 0) is 10.0 Å². The summed E-state index contributed by atoms with van der Waals surface area (Å²) in [5.41, 5.74) is 0.553. The molecule has 0 aliphatic heterocycles. The standard InChI is InChI=1S/C12H18FNO3S/c1-8(2)18(15,16)14-9(3)10-5-6-12(17-4)11(13)7-10/h5-9,14H,1-4H3. The van der Waals surface area contributed by atoms with Gasteiger partial charge in [0, 0.05) is 6.04 Å². The van der Waals surface area contributed by atoms with E-state index in [0.29, 0.717) is 5.56 Å². The number of methoxy groups -OCH3 is 1. The van der Waals surface area contributed by atoms with Crippen molar-refractivity contribution in [3.63, 3.8) is 0 Å². The third-order valence-electron chi connectivity index (χ3n) is 2.64. The predicted octanol–water partition coefficient (Wildman–Crippen LogP) is 2.22. The lowest BCUT2D eigenvalue weighted by atomic mass is 10.1. The minimum absolute atomic E-state index is 0.137. The van der Waals surface area contributed by atoms with Gasteiger partial charge in [-0.15, -0.1) is 0 Å². The van der Waals surface area contributed by atoms with Crippen molar-refractivity contribution in [2.75, 3.05) is 7.11 Å². The summed E-state index contributed by atoms with van der Waals surface area (Å²) in [6.45, 7) is 4.84. The van der Waals surface area contributed by atoms with Gasteiger partial charge in [0.25, 0.3) is 0 Å². The maximum atomic E-state index is 13.5. The molecule has 1 rings (SSSR count). The number of benzene rings is 1. The summed E-state index contributed by atoms with van der Waals surface area (Å²) >= 11 is 0. The zero-order valence-electron chi connectivity index (χ0n) is 10.9. The van der Waals surface area contributed by atoms with Crippen LogP contribution in [-0.4, -0.2) is 20.8 Å². The van der Waals surface area contributed by atoms with Crippen molar-refractivity contribution >= 4 is 10.0 Å². The van der Waals surface area contributed by atoms with E-state index in [0.717, 1.165) is 0 Å². The van der Waals surface area contributed by atoms with E-state index in [1.165, 1.54) is 19.2 Å². The van der Waals surface area contributed by atoms with Gasteiger partial charge in [0.2, 0.25) is 10.0 Å². The lowest BCUT2D eigenvalue weighted by Gasteiger charge is -2.17. The van der Waals surface area contributed by atoms with Gasteiger partial charge in [-0.05, 0) is 38.5 Å². The number of sulfonamides is 1. The molecular formula is C12H18FNO3S. The van der Waals surface area contributed by atoms with Gasteiger partial charge in [-0.2, -0.15) is 0 Å². The van der Waals surface area contributed by atoms with Crippen LogP contribution in [0.4, 0.5) is 4.39 Å². The molecule has 1 N–H and O–H groups in total. The Hall–Kier alpha value is -1.14. The van der Waals surface area contributed by atoms with Crippen LogP contribution in [0.15, 0.2) is 18.2 Å². The van der Waals surface area contributed by atoms with Crippen LogP contribution in [0.5, 0.6) is 5.75 Å². The summed E-state index contributed by atoms with van der Waals surface area (Å²) < 4.78 is 44.2. The summed E-state index contributed by atoms with van der Waals surface area (Å²) in [6, 6.07) is 3.89. The van der Waals surface area contributed by atoms with E-state index in [1.54, 1.807) is 26.8 Å². The van der Waals surface area contributed by atoms with Crippen LogP contribution >= 0.6 is 0 Å². The number of hydrogen-bond acceptors (Lipinski definition) is 3. The maximum Gasteiger partial charge on any atom is 0.214 e. The number of hydrogen-bond donors (Lipinski definition) is 1. The lowest BCUT2D eigenvalue weighted by molar-refractivity contribution is 0.386. The van der Waals surface area contributed by atoms with Crippen molar-refractivity contribution in [1.29, 1.82) is 0 Å². The Morgan fingerprint density at radius 2 is 1.89 bits per heavy atom. The molecule has 1 aromatic carbocycles. The van der Waals surface area contributed by atoms with Gasteiger partial charge in [0.15, 0.2) is 11.6 Å². The molecule has 0 spiro atoms. The van der Waals surface area contributed by atoms with E-state index in [1.807, 2.05) is 0 Å². The van der Waals surface area contributed by atoms with E-state index in [2.05, 4.69) is 4.72 Å². The van der Waals surface area contributed by atoms with Crippen molar-refractivity contribution in [2.45, 2.75) is 32.1 Å². The van der Waals surface area contributed by atoms with Crippen molar-refractivity contribution < 1.29 is 17.5 Å². The van der Waals surface area contributed by atoms with E-state index in [9.17, 15) is 12.8 Å². The molecule has 0 aromatic heterocycles. The van der Waals surface area contributed by atoms with Gasteiger partial charge in [-0.25, -0.2) is 17.5 Å². The summed E-state index contributed by atoms with van der Waals surface area (Å²) in [5, 5.41) is -0.525. The second-order valence-corrected chi connectivity index (χ2v) is 6.60. The molecule has 6 heteroatoms. The van der Waals surface area contributed by atoms with Gasteiger partial charge >= 0.3 is 0 Å². The molecule has 102 valence electrons. The van der Waals surface area contributed by atoms with Gasteiger partial charge in [-0.1, -0.05) is 6.07 Å². The first-order chi connectivity index (χ1) is 8.27. The molecule has 0 radical (unpaired) electrons. The van der Waals surface area contributed by atoms with Gasteiger partial charge in [0.05, 0.1) is 12.4 Å². The lowest BCUT2D eigenvalue weighted by Crippen LogP contribution is -2.32. The average Bonchev–Trinajstić information content (AvgIpc) is 2.28. The van der Waals surface area contributed by atoms with Crippen molar-refractivity contribution in [1.82, 2.24) is 4.72 Å². The molecule has 0 saturated heterocycles. The molecule has 4 nitrogen and oxygen atoms in total. The van der Waals surface area contributed by atoms with E-state index in [4.69, 9.17) is 4.74 Å². The first-order valence-corrected chi connectivity index (χ1v) is 7.17. The van der Waals surface area contributed by atoms with Crippen LogP contribution < -0.4 is 9.46 Å². The van der Waals surface area contributed by atoms with Crippen molar-refractivity contribution in [2.24, 2.45) is 0 Å². The monoisotopic (exact) mass is 275 g/mol. The molecule has 0 amide bonds. The van der Waals surface area contributed by atoms with Gasteiger partial charge in [-0.3, -0.25) is 0 Å². The van der Waals surface area contributed by atoms with Crippen molar-refractivity contribution in [3.8, 4) is 5.75 Å². The van der Waals surface area contributed by atoms with Crippen LogP contribution in [0, 0.1) is 5.82 Å². The Kier molecular flexibility index (Phi) is 4.70. The van der Waals surface area contributed by atoms with Crippen molar-refractivity contribution in [3.05, 3.63) is 29.6 Å². The maximum absolute atomic E-state index is 13.5. The normalized spacial score (nSPS) is 13.7. The predicted molar refractivity (Wildman–Crippen MR) is 68.6 cm³/mol. The molecule has 1 unspecified atom stereocenters. The molecule has 18 heavy (non-hydrogen) atoms. The molecule has 0 fully saturated rings. The third-order valence-corrected chi connectivity index (χ3v) is 4.56. The van der Waals surface area contributed by atoms with Gasteiger partial charge < -0.3 is 4.74 Å². The summed E-state index contributed by atoms with van der Waals surface area (Å²) in [4.78, 5) is 0. The largest absolute Gasteiger partial charge is 0.494 e. The fraction of sp³-hybridized carbons (Fsp3) is 0.500. The Labute approximate surface area is 107 Å². The topological polar surface area (TPSA) is 55.4 Å². The first kappa shape index (κ1) is 14.9. The molecule has 1 atom stereocenters. The second kappa shape index (κ2) is 5.67. The van der Waals surface area contributed by atoms with Crippen LogP contribution in [0.1, 0.15) is 32.4 Å². The zero-order valence-corrected chi connectivity index (χ0v) is 11.7. The van der Waals surface area contributed by atoms with Crippen LogP contribution in [0.25, 0.3) is 0 Å². The molecule has 0 bridgehead atoms. The van der Waals surface area contributed by atoms with Crippen LogP contribution in [0.2, 0.25) is 0 Å². The smallest absolute Gasteiger partial charge is 0.214 e. The summed E-state index contributed by atoms with van der Waals surface area (Å²) in [6.07, 6.45) is 0. The van der Waals surface area contributed by atoms with E-state index < -0.39 is 27.1 Å². The number of ether oxygens (including phenoxy) is 1. The number of nitrogens with one attached hydrogen (secondary N) is 1. The quantitative estimate of drug-likeness (QED) is 0.896. The Balaban J connectivity index is 2.92. The molecule has 0 aliphatic carbocycles. The number of rotatable bonds is 5. The Bertz CT molecular complexity index is 514. The molecule has 0 heterocycles. The highest BCUT2D eigenvalue weighted by Crippen LogP contribution is 2.22. The third kappa shape index (κ3) is 3.43. The van der Waals surface area contributed by atoms with Crippen LogP contribution in [0.3, 0.4) is 0 Å². The first-order valence-electron chi connectivity index (χ1n) is 5.62. The SMILES string of the molecule is COc1ccc(C(C)NS(=O)(=O)C(C)C)cc1F. The highest BCUT2D eigenvalue weighted by Gasteiger charge is 2.20. The molecule has 0 aliphatic rings. The zero-order chi connectivity index (χ0) is 13.9. The second-order valence-electron chi connectivity index (χ2n) is 4.33. The Morgan fingerprint density at radius 3 is 2.33 bits per heavy atom. The van der Waals surface area contributed by atoms with E-state index >= 15 is 0 Å². The molecular weight excluding hydrogens is 257 g/mol. The van der Waals surface area contributed by atoms with E-state index in [-0.39, 0.29) is 5.75 Å².